The molecule has 4 nitrogen and oxygen atoms in total. The lowest BCUT2D eigenvalue weighted by molar-refractivity contribution is 0.223. The minimum Gasteiger partial charge on any atom is -0.396 e. The van der Waals surface area contributed by atoms with E-state index in [1.807, 2.05) is 6.92 Å². The number of urea groups is 1. The highest BCUT2D eigenvalue weighted by Crippen LogP contribution is 2.27. The summed E-state index contributed by atoms with van der Waals surface area (Å²) in [6.07, 6.45) is 5.68. The molecule has 3 atom stereocenters. The number of aliphatic hydroxyl groups is 1. The Kier molecular flexibility index (Phi) is 6.34. The van der Waals surface area contributed by atoms with Crippen molar-refractivity contribution in [1.82, 2.24) is 10.6 Å². The molecule has 100 valence electrons. The Labute approximate surface area is 104 Å². The van der Waals surface area contributed by atoms with Crippen LogP contribution in [0, 0.1) is 11.8 Å². The zero-order chi connectivity index (χ0) is 12.7. The second kappa shape index (κ2) is 7.54. The summed E-state index contributed by atoms with van der Waals surface area (Å²) in [6.45, 7) is 5.08. The third-order valence-electron chi connectivity index (χ3n) is 3.54. The molecule has 17 heavy (non-hydrogen) atoms. The quantitative estimate of drug-likeness (QED) is 0.689. The number of amides is 2. The van der Waals surface area contributed by atoms with Gasteiger partial charge in [-0.05, 0) is 38.0 Å². The van der Waals surface area contributed by atoms with E-state index >= 15 is 0 Å². The molecule has 0 aromatic heterocycles. The van der Waals surface area contributed by atoms with Gasteiger partial charge in [0.2, 0.25) is 0 Å². The summed E-state index contributed by atoms with van der Waals surface area (Å²) in [5.74, 6) is 1.43. The van der Waals surface area contributed by atoms with Gasteiger partial charge in [0.05, 0.1) is 0 Å². The number of rotatable bonds is 5. The van der Waals surface area contributed by atoms with Crippen LogP contribution in [0.1, 0.15) is 46.0 Å². The van der Waals surface area contributed by atoms with Gasteiger partial charge in [-0.25, -0.2) is 4.79 Å². The van der Waals surface area contributed by atoms with Crippen molar-refractivity contribution in [1.29, 1.82) is 0 Å². The number of nitrogens with one attached hydrogen (secondary N) is 2. The van der Waals surface area contributed by atoms with Crippen LogP contribution in [0.15, 0.2) is 0 Å². The Morgan fingerprint density at radius 1 is 1.47 bits per heavy atom. The minimum absolute atomic E-state index is 0.0327. The summed E-state index contributed by atoms with van der Waals surface area (Å²) < 4.78 is 0. The highest BCUT2D eigenvalue weighted by atomic mass is 16.3. The molecule has 0 saturated heterocycles. The van der Waals surface area contributed by atoms with E-state index in [1.54, 1.807) is 0 Å². The average Bonchev–Trinajstić information content (AvgIpc) is 2.27. The van der Waals surface area contributed by atoms with E-state index in [9.17, 15) is 4.79 Å². The first-order valence-electron chi connectivity index (χ1n) is 6.77. The first-order chi connectivity index (χ1) is 8.11. The third kappa shape index (κ3) is 5.91. The van der Waals surface area contributed by atoms with Gasteiger partial charge in [-0.2, -0.15) is 0 Å². The zero-order valence-corrected chi connectivity index (χ0v) is 11.0. The Hall–Kier alpha value is -0.770. The summed E-state index contributed by atoms with van der Waals surface area (Å²) in [6, 6.07) is -0.0746. The number of carbonyl (C=O) groups excluding carboxylic acids is 1. The molecule has 0 spiro atoms. The first kappa shape index (κ1) is 14.3. The van der Waals surface area contributed by atoms with E-state index in [1.165, 1.54) is 25.7 Å². The fraction of sp³-hybridized carbons (Fsp3) is 0.923. The van der Waals surface area contributed by atoms with E-state index in [4.69, 9.17) is 5.11 Å². The van der Waals surface area contributed by atoms with Crippen molar-refractivity contribution in [3.8, 4) is 0 Å². The van der Waals surface area contributed by atoms with Crippen LogP contribution in [0.3, 0.4) is 0 Å². The van der Waals surface area contributed by atoms with E-state index in [2.05, 4.69) is 17.6 Å². The van der Waals surface area contributed by atoms with Crippen molar-refractivity contribution < 1.29 is 9.90 Å². The number of hydrogen-bond acceptors (Lipinski definition) is 2. The molecule has 0 aliphatic heterocycles. The van der Waals surface area contributed by atoms with Gasteiger partial charge in [0, 0.05) is 19.2 Å². The van der Waals surface area contributed by atoms with Gasteiger partial charge in [0.15, 0.2) is 0 Å². The highest BCUT2D eigenvalue weighted by molar-refractivity contribution is 5.74. The third-order valence-corrected chi connectivity index (χ3v) is 3.54. The lowest BCUT2D eigenvalue weighted by Gasteiger charge is -2.27. The zero-order valence-electron chi connectivity index (χ0n) is 11.0. The van der Waals surface area contributed by atoms with Gasteiger partial charge in [-0.3, -0.25) is 0 Å². The lowest BCUT2D eigenvalue weighted by atomic mass is 9.82. The summed E-state index contributed by atoms with van der Waals surface area (Å²) in [5, 5.41) is 14.5. The fourth-order valence-corrected chi connectivity index (χ4v) is 2.52. The Morgan fingerprint density at radius 3 is 2.88 bits per heavy atom. The monoisotopic (exact) mass is 242 g/mol. The van der Waals surface area contributed by atoms with Crippen LogP contribution in [-0.4, -0.2) is 30.3 Å². The maximum absolute atomic E-state index is 11.5. The van der Waals surface area contributed by atoms with Crippen LogP contribution >= 0.6 is 0 Å². The SMILES string of the molecule is CC1CCCC(CNC(=O)N[C@H](C)CCO)C1. The normalized spacial score (nSPS) is 26.3. The summed E-state index contributed by atoms with van der Waals surface area (Å²) in [4.78, 5) is 11.5. The Bertz CT molecular complexity index is 233. The molecule has 1 aliphatic rings. The molecule has 3 N–H and O–H groups in total. The molecule has 0 bridgehead atoms. The van der Waals surface area contributed by atoms with Gasteiger partial charge in [0.25, 0.3) is 0 Å². The molecule has 0 heterocycles. The van der Waals surface area contributed by atoms with Crippen molar-refractivity contribution in [3.63, 3.8) is 0 Å². The minimum atomic E-state index is -0.107. The van der Waals surface area contributed by atoms with Gasteiger partial charge in [0.1, 0.15) is 0 Å². The summed E-state index contributed by atoms with van der Waals surface area (Å²) in [5.41, 5.74) is 0. The molecule has 1 rings (SSSR count). The van der Waals surface area contributed by atoms with E-state index < -0.39 is 0 Å². The maximum Gasteiger partial charge on any atom is 0.315 e. The molecule has 1 saturated carbocycles. The van der Waals surface area contributed by atoms with Gasteiger partial charge >= 0.3 is 6.03 Å². The average molecular weight is 242 g/mol. The van der Waals surface area contributed by atoms with Gasteiger partial charge < -0.3 is 15.7 Å². The van der Waals surface area contributed by atoms with E-state index in [-0.39, 0.29) is 18.7 Å². The predicted molar refractivity (Wildman–Crippen MR) is 68.8 cm³/mol. The smallest absolute Gasteiger partial charge is 0.315 e. The van der Waals surface area contributed by atoms with Crippen molar-refractivity contribution in [3.05, 3.63) is 0 Å². The topological polar surface area (TPSA) is 61.4 Å². The standard InChI is InChI=1S/C13H26N2O2/c1-10-4-3-5-12(8-10)9-14-13(17)15-11(2)6-7-16/h10-12,16H,3-9H2,1-2H3,(H2,14,15,17)/t10?,11-,12?/m1/s1. The number of aliphatic hydroxyl groups excluding tert-OH is 1. The van der Waals surface area contributed by atoms with Crippen LogP contribution in [0.5, 0.6) is 0 Å². The van der Waals surface area contributed by atoms with Crippen LogP contribution in [-0.2, 0) is 0 Å². The number of carbonyl (C=O) groups is 1. The van der Waals surface area contributed by atoms with Crippen LogP contribution in [0.2, 0.25) is 0 Å². The second-order valence-corrected chi connectivity index (χ2v) is 5.41. The molecule has 2 unspecified atom stereocenters. The van der Waals surface area contributed by atoms with Crippen molar-refractivity contribution in [2.75, 3.05) is 13.2 Å². The predicted octanol–water partition coefficient (Wildman–Crippen LogP) is 1.88. The molecular weight excluding hydrogens is 216 g/mol. The molecule has 0 radical (unpaired) electrons. The molecule has 2 amide bonds. The van der Waals surface area contributed by atoms with E-state index in [0.29, 0.717) is 12.3 Å². The van der Waals surface area contributed by atoms with Crippen LogP contribution in [0.25, 0.3) is 0 Å². The van der Waals surface area contributed by atoms with Crippen molar-refractivity contribution in [2.24, 2.45) is 11.8 Å². The summed E-state index contributed by atoms with van der Waals surface area (Å²) >= 11 is 0. The molecule has 0 aromatic rings. The Morgan fingerprint density at radius 2 is 2.24 bits per heavy atom. The van der Waals surface area contributed by atoms with Gasteiger partial charge in [-0.1, -0.05) is 19.8 Å². The lowest BCUT2D eigenvalue weighted by Crippen LogP contribution is -2.43. The van der Waals surface area contributed by atoms with Gasteiger partial charge in [-0.15, -0.1) is 0 Å². The molecular formula is C13H26N2O2. The molecule has 0 aromatic carbocycles. The van der Waals surface area contributed by atoms with Crippen LogP contribution in [0.4, 0.5) is 4.79 Å². The van der Waals surface area contributed by atoms with E-state index in [0.717, 1.165) is 12.5 Å². The largest absolute Gasteiger partial charge is 0.396 e. The van der Waals surface area contributed by atoms with Crippen molar-refractivity contribution in [2.45, 2.75) is 52.0 Å². The summed E-state index contributed by atoms with van der Waals surface area (Å²) in [7, 11) is 0. The maximum atomic E-state index is 11.5. The second-order valence-electron chi connectivity index (χ2n) is 5.41. The van der Waals surface area contributed by atoms with Crippen molar-refractivity contribution >= 4 is 6.03 Å². The molecule has 1 aliphatic carbocycles. The Balaban J connectivity index is 2.14. The molecule has 1 fully saturated rings. The fourth-order valence-electron chi connectivity index (χ4n) is 2.52. The number of hydrogen-bond donors (Lipinski definition) is 3. The van der Waals surface area contributed by atoms with Crippen LogP contribution < -0.4 is 10.6 Å². The highest BCUT2D eigenvalue weighted by Gasteiger charge is 2.19. The first-order valence-corrected chi connectivity index (χ1v) is 6.77. The molecule has 4 heteroatoms.